The number of amides is 1. The molecule has 1 aromatic heterocycles. The molecule has 3 N–H and O–H groups in total. The highest BCUT2D eigenvalue weighted by atomic mass is 32.1. The Bertz CT molecular complexity index is 408. The van der Waals surface area contributed by atoms with Gasteiger partial charge < -0.3 is 11.1 Å². The van der Waals surface area contributed by atoms with Crippen molar-refractivity contribution in [3.63, 3.8) is 0 Å². The number of thiophene rings is 1. The van der Waals surface area contributed by atoms with Crippen LogP contribution in [0, 0.1) is 5.41 Å². The summed E-state index contributed by atoms with van der Waals surface area (Å²) in [4.78, 5) is 12.6. The molecule has 92 valence electrons. The second-order valence-corrected chi connectivity index (χ2v) is 5.69. The predicted octanol–water partition coefficient (Wildman–Crippen LogP) is 2.21. The first-order valence-electron chi connectivity index (χ1n) is 5.74. The van der Waals surface area contributed by atoms with Gasteiger partial charge in [-0.3, -0.25) is 4.79 Å². The minimum absolute atomic E-state index is 0.00583. The van der Waals surface area contributed by atoms with E-state index >= 15 is 0 Å². The zero-order valence-electron chi connectivity index (χ0n) is 9.57. The summed E-state index contributed by atoms with van der Waals surface area (Å²) in [5.41, 5.74) is 6.29. The molecule has 0 unspecified atom stereocenters. The van der Waals surface area contributed by atoms with Gasteiger partial charge in [0, 0.05) is 6.54 Å². The van der Waals surface area contributed by atoms with E-state index in [2.05, 4.69) is 5.32 Å². The molecule has 0 aromatic carbocycles. The SMILES string of the molecule is NC(=S)C1(C(=O)NCc2ccsc2)CCCC1. The molecule has 0 bridgehead atoms. The van der Waals surface area contributed by atoms with E-state index in [1.54, 1.807) is 11.3 Å². The number of hydrogen-bond acceptors (Lipinski definition) is 3. The minimum Gasteiger partial charge on any atom is -0.392 e. The lowest BCUT2D eigenvalue weighted by Gasteiger charge is -2.26. The first-order chi connectivity index (χ1) is 8.15. The lowest BCUT2D eigenvalue weighted by molar-refractivity contribution is -0.127. The Balaban J connectivity index is 2.00. The largest absolute Gasteiger partial charge is 0.392 e. The fraction of sp³-hybridized carbons (Fsp3) is 0.500. The van der Waals surface area contributed by atoms with Gasteiger partial charge in [-0.15, -0.1) is 0 Å². The Morgan fingerprint density at radius 1 is 1.53 bits per heavy atom. The van der Waals surface area contributed by atoms with Crippen molar-refractivity contribution >= 4 is 34.5 Å². The Morgan fingerprint density at radius 2 is 2.24 bits per heavy atom. The quantitative estimate of drug-likeness (QED) is 0.823. The standard InChI is InChI=1S/C12H16N2OS2/c13-10(16)12(4-1-2-5-12)11(15)14-7-9-3-6-17-8-9/h3,6,8H,1-2,4-5,7H2,(H2,13,16)(H,14,15). The maximum atomic E-state index is 12.2. The molecule has 17 heavy (non-hydrogen) atoms. The maximum Gasteiger partial charge on any atom is 0.233 e. The molecular formula is C12H16N2OS2. The topological polar surface area (TPSA) is 55.1 Å². The van der Waals surface area contributed by atoms with Crippen LogP contribution in [0.1, 0.15) is 31.2 Å². The lowest BCUT2D eigenvalue weighted by Crippen LogP contribution is -2.46. The minimum atomic E-state index is -0.592. The van der Waals surface area contributed by atoms with Crippen molar-refractivity contribution in [1.82, 2.24) is 5.32 Å². The number of thiocarbonyl (C=S) groups is 1. The van der Waals surface area contributed by atoms with Gasteiger partial charge in [0.25, 0.3) is 0 Å². The summed E-state index contributed by atoms with van der Waals surface area (Å²) in [6, 6.07) is 2.01. The fourth-order valence-corrected chi connectivity index (χ4v) is 3.27. The van der Waals surface area contributed by atoms with Crippen molar-refractivity contribution in [2.75, 3.05) is 0 Å². The van der Waals surface area contributed by atoms with Crippen molar-refractivity contribution in [2.24, 2.45) is 11.1 Å². The summed E-state index contributed by atoms with van der Waals surface area (Å²) in [6.45, 7) is 0.562. The molecule has 0 radical (unpaired) electrons. The Labute approximate surface area is 110 Å². The van der Waals surface area contributed by atoms with Gasteiger partial charge in [0.1, 0.15) is 0 Å². The predicted molar refractivity (Wildman–Crippen MR) is 73.9 cm³/mol. The number of rotatable bonds is 4. The molecule has 0 spiro atoms. The molecule has 3 nitrogen and oxygen atoms in total. The maximum absolute atomic E-state index is 12.2. The molecule has 1 aliphatic carbocycles. The summed E-state index contributed by atoms with van der Waals surface area (Å²) in [5.74, 6) is -0.00583. The number of hydrogen-bond donors (Lipinski definition) is 2. The Morgan fingerprint density at radius 3 is 2.76 bits per heavy atom. The highest BCUT2D eigenvalue weighted by molar-refractivity contribution is 7.80. The highest BCUT2D eigenvalue weighted by Crippen LogP contribution is 2.38. The smallest absolute Gasteiger partial charge is 0.233 e. The summed E-state index contributed by atoms with van der Waals surface area (Å²) in [6.07, 6.45) is 3.64. The zero-order chi connectivity index (χ0) is 12.3. The van der Waals surface area contributed by atoms with E-state index < -0.39 is 5.41 Å². The average molecular weight is 268 g/mol. The number of carbonyl (C=O) groups excluding carboxylic acids is 1. The second kappa shape index (κ2) is 5.14. The third-order valence-electron chi connectivity index (χ3n) is 3.40. The van der Waals surface area contributed by atoms with Crippen LogP contribution in [0.15, 0.2) is 16.8 Å². The molecule has 5 heteroatoms. The molecule has 0 saturated heterocycles. The van der Waals surface area contributed by atoms with Gasteiger partial charge in [0.15, 0.2) is 0 Å². The van der Waals surface area contributed by atoms with Crippen LogP contribution < -0.4 is 11.1 Å². The summed E-state index contributed by atoms with van der Waals surface area (Å²) < 4.78 is 0. The second-order valence-electron chi connectivity index (χ2n) is 4.47. The monoisotopic (exact) mass is 268 g/mol. The van der Waals surface area contributed by atoms with E-state index in [0.717, 1.165) is 31.2 Å². The number of nitrogens with one attached hydrogen (secondary N) is 1. The first kappa shape index (κ1) is 12.5. The van der Waals surface area contributed by atoms with Gasteiger partial charge in [0.05, 0.1) is 10.4 Å². The van der Waals surface area contributed by atoms with Gasteiger partial charge in [0.2, 0.25) is 5.91 Å². The van der Waals surface area contributed by atoms with Crippen LogP contribution in [-0.4, -0.2) is 10.9 Å². The molecule has 1 heterocycles. The number of nitrogens with two attached hydrogens (primary N) is 1. The van der Waals surface area contributed by atoms with Crippen LogP contribution in [0.4, 0.5) is 0 Å². The van der Waals surface area contributed by atoms with E-state index in [1.807, 2.05) is 16.8 Å². The van der Waals surface area contributed by atoms with E-state index in [9.17, 15) is 4.79 Å². The highest BCUT2D eigenvalue weighted by Gasteiger charge is 2.43. The molecule has 0 aliphatic heterocycles. The zero-order valence-corrected chi connectivity index (χ0v) is 11.2. The van der Waals surface area contributed by atoms with E-state index in [4.69, 9.17) is 18.0 Å². The van der Waals surface area contributed by atoms with Crippen LogP contribution in [0.2, 0.25) is 0 Å². The summed E-state index contributed by atoms with van der Waals surface area (Å²) >= 11 is 6.70. The van der Waals surface area contributed by atoms with E-state index in [0.29, 0.717) is 11.5 Å². The van der Waals surface area contributed by atoms with Crippen molar-refractivity contribution in [3.8, 4) is 0 Å². The van der Waals surface area contributed by atoms with Crippen molar-refractivity contribution in [2.45, 2.75) is 32.2 Å². The Hall–Kier alpha value is -0.940. The molecule has 2 rings (SSSR count). The lowest BCUT2D eigenvalue weighted by atomic mass is 9.85. The van der Waals surface area contributed by atoms with Crippen molar-refractivity contribution in [1.29, 1.82) is 0 Å². The van der Waals surface area contributed by atoms with Gasteiger partial charge in [-0.1, -0.05) is 25.1 Å². The molecule has 0 atom stereocenters. The van der Waals surface area contributed by atoms with Crippen molar-refractivity contribution < 1.29 is 4.79 Å². The molecule has 1 aliphatic rings. The molecular weight excluding hydrogens is 252 g/mol. The first-order valence-corrected chi connectivity index (χ1v) is 7.09. The molecule has 1 aromatic rings. The fourth-order valence-electron chi connectivity index (χ4n) is 2.31. The Kier molecular flexibility index (Phi) is 3.79. The summed E-state index contributed by atoms with van der Waals surface area (Å²) in [7, 11) is 0. The van der Waals surface area contributed by atoms with E-state index in [-0.39, 0.29) is 5.91 Å². The van der Waals surface area contributed by atoms with Gasteiger partial charge in [-0.2, -0.15) is 11.3 Å². The van der Waals surface area contributed by atoms with Gasteiger partial charge in [-0.25, -0.2) is 0 Å². The van der Waals surface area contributed by atoms with Crippen LogP contribution in [-0.2, 0) is 11.3 Å². The van der Waals surface area contributed by atoms with Crippen LogP contribution in [0.3, 0.4) is 0 Å². The molecule has 1 saturated carbocycles. The third kappa shape index (κ3) is 2.50. The van der Waals surface area contributed by atoms with Crippen LogP contribution in [0.25, 0.3) is 0 Å². The third-order valence-corrected chi connectivity index (χ3v) is 4.52. The van der Waals surface area contributed by atoms with Gasteiger partial charge in [-0.05, 0) is 35.2 Å². The van der Waals surface area contributed by atoms with Crippen molar-refractivity contribution in [3.05, 3.63) is 22.4 Å². The molecule has 1 amide bonds. The molecule has 1 fully saturated rings. The average Bonchev–Trinajstić information content (AvgIpc) is 2.97. The summed E-state index contributed by atoms with van der Waals surface area (Å²) in [5, 5.41) is 6.98. The van der Waals surface area contributed by atoms with Crippen LogP contribution in [0.5, 0.6) is 0 Å². The normalized spacial score (nSPS) is 17.9. The van der Waals surface area contributed by atoms with Gasteiger partial charge >= 0.3 is 0 Å². The number of carbonyl (C=O) groups is 1. The van der Waals surface area contributed by atoms with E-state index in [1.165, 1.54) is 0 Å². The van der Waals surface area contributed by atoms with Crippen LogP contribution >= 0.6 is 23.6 Å².